The van der Waals surface area contributed by atoms with Crippen molar-refractivity contribution in [1.29, 1.82) is 0 Å². The first kappa shape index (κ1) is 12.2. The zero-order valence-electron chi connectivity index (χ0n) is 9.49. The van der Waals surface area contributed by atoms with Gasteiger partial charge in [-0.25, -0.2) is 8.78 Å². The van der Waals surface area contributed by atoms with Crippen LogP contribution in [0.25, 0.3) is 0 Å². The maximum Gasteiger partial charge on any atom is 0.167 e. The number of Topliss-reactive ketones (excluding diaryl/α,β-unsaturated/α-hetero) is 1. The fourth-order valence-corrected chi connectivity index (χ4v) is 1.66. The van der Waals surface area contributed by atoms with Gasteiger partial charge in [0.05, 0.1) is 0 Å². The molecule has 2 N–H and O–H groups in total. The highest BCUT2D eigenvalue weighted by atomic mass is 19.2. The molecular weight excluding hydrogens is 236 g/mol. The lowest BCUT2D eigenvalue weighted by atomic mass is 10.0. The predicted octanol–water partition coefficient (Wildman–Crippen LogP) is 2.97. The van der Waals surface area contributed by atoms with Crippen LogP contribution < -0.4 is 5.73 Å². The third-order valence-corrected chi connectivity index (χ3v) is 2.56. The Bertz CT molecular complexity index is 596. The number of nitrogen functional groups attached to an aromatic ring is 1. The Hall–Kier alpha value is -2.23. The summed E-state index contributed by atoms with van der Waals surface area (Å²) in [5, 5.41) is 0. The highest BCUT2D eigenvalue weighted by molar-refractivity contribution is 5.97. The van der Waals surface area contributed by atoms with Gasteiger partial charge in [0.1, 0.15) is 0 Å². The fourth-order valence-electron chi connectivity index (χ4n) is 1.66. The second kappa shape index (κ2) is 4.96. The molecule has 0 spiro atoms. The lowest BCUT2D eigenvalue weighted by molar-refractivity contribution is 0.0992. The summed E-state index contributed by atoms with van der Waals surface area (Å²) in [6.07, 6.45) is 0.107. The zero-order valence-corrected chi connectivity index (χ0v) is 9.49. The number of rotatable bonds is 3. The Balaban J connectivity index is 2.19. The standard InChI is InChI=1S/C14H11F2NO/c15-12-5-4-10(8-13(12)16)14(18)7-9-2-1-3-11(17)6-9/h1-6,8H,7,17H2. The van der Waals surface area contributed by atoms with Crippen LogP contribution in [0.2, 0.25) is 0 Å². The van der Waals surface area contributed by atoms with E-state index in [0.29, 0.717) is 5.69 Å². The van der Waals surface area contributed by atoms with Gasteiger partial charge in [0, 0.05) is 17.7 Å². The normalized spacial score (nSPS) is 10.3. The van der Waals surface area contributed by atoms with Crippen molar-refractivity contribution in [2.24, 2.45) is 0 Å². The topological polar surface area (TPSA) is 43.1 Å². The van der Waals surface area contributed by atoms with Crippen molar-refractivity contribution in [2.45, 2.75) is 6.42 Å². The van der Waals surface area contributed by atoms with E-state index in [1.165, 1.54) is 6.07 Å². The van der Waals surface area contributed by atoms with E-state index in [-0.39, 0.29) is 17.8 Å². The maximum atomic E-state index is 13.0. The summed E-state index contributed by atoms with van der Waals surface area (Å²) < 4.78 is 25.7. The number of nitrogens with two attached hydrogens (primary N) is 1. The first-order valence-corrected chi connectivity index (χ1v) is 5.39. The van der Waals surface area contributed by atoms with E-state index in [2.05, 4.69) is 0 Å². The van der Waals surface area contributed by atoms with Gasteiger partial charge in [0.2, 0.25) is 0 Å². The van der Waals surface area contributed by atoms with Gasteiger partial charge in [-0.3, -0.25) is 4.79 Å². The molecule has 0 unspecified atom stereocenters. The number of hydrogen-bond donors (Lipinski definition) is 1. The second-order valence-electron chi connectivity index (χ2n) is 3.97. The predicted molar refractivity (Wildman–Crippen MR) is 65.2 cm³/mol. The summed E-state index contributed by atoms with van der Waals surface area (Å²) >= 11 is 0. The largest absolute Gasteiger partial charge is 0.399 e. The molecule has 0 aliphatic heterocycles. The van der Waals surface area contributed by atoms with Gasteiger partial charge >= 0.3 is 0 Å². The molecule has 0 aliphatic carbocycles. The van der Waals surface area contributed by atoms with Gasteiger partial charge in [0.15, 0.2) is 17.4 Å². The SMILES string of the molecule is Nc1cccc(CC(=O)c2ccc(F)c(F)c2)c1. The van der Waals surface area contributed by atoms with Crippen molar-refractivity contribution < 1.29 is 13.6 Å². The third-order valence-electron chi connectivity index (χ3n) is 2.56. The van der Waals surface area contributed by atoms with Crippen LogP contribution in [0, 0.1) is 11.6 Å². The molecule has 2 aromatic carbocycles. The molecule has 18 heavy (non-hydrogen) atoms. The van der Waals surface area contributed by atoms with Gasteiger partial charge in [-0.2, -0.15) is 0 Å². The molecule has 0 saturated heterocycles. The quantitative estimate of drug-likeness (QED) is 0.669. The van der Waals surface area contributed by atoms with Gasteiger partial charge < -0.3 is 5.73 Å². The van der Waals surface area contributed by atoms with Crippen LogP contribution in [-0.2, 0) is 6.42 Å². The number of carbonyl (C=O) groups is 1. The molecule has 2 rings (SSSR count). The van der Waals surface area contributed by atoms with E-state index in [4.69, 9.17) is 5.73 Å². The summed E-state index contributed by atoms with van der Waals surface area (Å²) in [6.45, 7) is 0. The smallest absolute Gasteiger partial charge is 0.167 e. The molecule has 2 nitrogen and oxygen atoms in total. The molecular formula is C14H11F2NO. The van der Waals surface area contributed by atoms with Crippen molar-refractivity contribution in [1.82, 2.24) is 0 Å². The molecule has 0 aliphatic rings. The Labute approximate surface area is 103 Å². The molecule has 2 aromatic rings. The Kier molecular flexibility index (Phi) is 3.37. The number of benzene rings is 2. The first-order valence-electron chi connectivity index (χ1n) is 5.39. The summed E-state index contributed by atoms with van der Waals surface area (Å²) in [5.41, 5.74) is 7.05. The third kappa shape index (κ3) is 2.71. The Morgan fingerprint density at radius 3 is 2.50 bits per heavy atom. The van der Waals surface area contributed by atoms with Gasteiger partial charge in [-0.05, 0) is 35.9 Å². The lowest BCUT2D eigenvalue weighted by Gasteiger charge is -2.03. The minimum atomic E-state index is -1.02. The van der Waals surface area contributed by atoms with Crippen molar-refractivity contribution in [3.8, 4) is 0 Å². The maximum absolute atomic E-state index is 13.0. The van der Waals surface area contributed by atoms with Crippen molar-refractivity contribution in [3.63, 3.8) is 0 Å². The Morgan fingerprint density at radius 1 is 1.06 bits per heavy atom. The average Bonchev–Trinajstić information content (AvgIpc) is 2.32. The highest BCUT2D eigenvalue weighted by Gasteiger charge is 2.10. The molecule has 0 amide bonds. The first-order chi connectivity index (χ1) is 8.56. The minimum absolute atomic E-state index is 0.107. The molecule has 92 valence electrons. The van der Waals surface area contributed by atoms with Crippen LogP contribution in [0.5, 0.6) is 0 Å². The summed E-state index contributed by atoms with van der Waals surface area (Å²) in [6, 6.07) is 10.0. The molecule has 4 heteroatoms. The Morgan fingerprint density at radius 2 is 1.83 bits per heavy atom. The summed E-state index contributed by atoms with van der Waals surface area (Å²) in [4.78, 5) is 11.9. The molecule has 0 saturated carbocycles. The van der Waals surface area contributed by atoms with Gasteiger partial charge in [-0.15, -0.1) is 0 Å². The molecule has 0 aromatic heterocycles. The van der Waals surface area contributed by atoms with Crippen LogP contribution >= 0.6 is 0 Å². The molecule has 0 radical (unpaired) electrons. The number of halogens is 2. The van der Waals surface area contributed by atoms with Crippen molar-refractivity contribution in [2.75, 3.05) is 5.73 Å². The molecule has 0 bridgehead atoms. The van der Waals surface area contributed by atoms with E-state index < -0.39 is 11.6 Å². The van der Waals surface area contributed by atoms with Crippen molar-refractivity contribution >= 4 is 11.5 Å². The lowest BCUT2D eigenvalue weighted by Crippen LogP contribution is -2.05. The number of ketones is 1. The van der Waals surface area contributed by atoms with Crippen LogP contribution in [0.3, 0.4) is 0 Å². The highest BCUT2D eigenvalue weighted by Crippen LogP contribution is 2.13. The number of anilines is 1. The summed E-state index contributed by atoms with van der Waals surface area (Å²) in [5.74, 6) is -2.26. The second-order valence-corrected chi connectivity index (χ2v) is 3.97. The molecule has 0 atom stereocenters. The van der Waals surface area contributed by atoms with Crippen LogP contribution in [0.1, 0.15) is 15.9 Å². The number of hydrogen-bond acceptors (Lipinski definition) is 2. The fraction of sp³-hybridized carbons (Fsp3) is 0.0714. The molecule has 0 fully saturated rings. The van der Waals surface area contributed by atoms with Gasteiger partial charge in [0.25, 0.3) is 0 Å². The van der Waals surface area contributed by atoms with E-state index in [9.17, 15) is 13.6 Å². The van der Waals surface area contributed by atoms with E-state index in [0.717, 1.165) is 17.7 Å². The van der Waals surface area contributed by atoms with Crippen molar-refractivity contribution in [3.05, 3.63) is 65.2 Å². The molecule has 0 heterocycles. The minimum Gasteiger partial charge on any atom is -0.399 e. The zero-order chi connectivity index (χ0) is 13.1. The van der Waals surface area contributed by atoms with Crippen LogP contribution in [0.4, 0.5) is 14.5 Å². The van der Waals surface area contributed by atoms with Crippen LogP contribution in [-0.4, -0.2) is 5.78 Å². The van der Waals surface area contributed by atoms with Crippen LogP contribution in [0.15, 0.2) is 42.5 Å². The average molecular weight is 247 g/mol. The van der Waals surface area contributed by atoms with E-state index in [1.54, 1.807) is 24.3 Å². The van der Waals surface area contributed by atoms with Gasteiger partial charge in [-0.1, -0.05) is 12.1 Å². The summed E-state index contributed by atoms with van der Waals surface area (Å²) in [7, 11) is 0. The monoisotopic (exact) mass is 247 g/mol. The van der Waals surface area contributed by atoms with E-state index >= 15 is 0 Å². The number of carbonyl (C=O) groups excluding carboxylic acids is 1. The van der Waals surface area contributed by atoms with E-state index in [1.807, 2.05) is 0 Å².